The number of amides is 1. The minimum atomic E-state index is 0.207. The first-order valence-corrected chi connectivity index (χ1v) is 5.51. The van der Waals surface area contributed by atoms with Gasteiger partial charge in [-0.1, -0.05) is 0 Å². The Morgan fingerprint density at radius 3 is 3.20 bits per heavy atom. The van der Waals surface area contributed by atoms with Gasteiger partial charge in [-0.05, 0) is 31.2 Å². The van der Waals surface area contributed by atoms with Gasteiger partial charge in [0.05, 0.1) is 6.20 Å². The Balaban J connectivity index is 1.84. The molecule has 1 aliphatic rings. The van der Waals surface area contributed by atoms with Gasteiger partial charge >= 0.3 is 0 Å². The zero-order valence-electron chi connectivity index (χ0n) is 9.07. The monoisotopic (exact) mass is 207 g/mol. The molecule has 15 heavy (non-hydrogen) atoms. The molecule has 1 unspecified atom stereocenters. The number of hydrogen-bond donors (Lipinski definition) is 1. The van der Waals surface area contributed by atoms with E-state index >= 15 is 0 Å². The number of nitrogens with one attached hydrogen (secondary N) is 1. The number of rotatable bonds is 3. The molecule has 4 heteroatoms. The number of piperidine rings is 1. The summed E-state index contributed by atoms with van der Waals surface area (Å²) in [4.78, 5) is 11.5. The molecule has 82 valence electrons. The summed E-state index contributed by atoms with van der Waals surface area (Å²) in [5.41, 5.74) is 1.22. The Bertz CT molecular complexity index is 345. The van der Waals surface area contributed by atoms with E-state index in [9.17, 15) is 4.79 Å². The van der Waals surface area contributed by atoms with Crippen LogP contribution in [0.4, 0.5) is 0 Å². The predicted octanol–water partition coefficient (Wildman–Crippen LogP) is 0.879. The van der Waals surface area contributed by atoms with Crippen molar-refractivity contribution in [2.75, 3.05) is 6.54 Å². The standard InChI is InChI=1S/C11H17N3O/c1-14-8-9(7-13-14)4-5-10-3-2-6-12-11(10)15/h7-8,10H,2-6H2,1H3,(H,12,15). The van der Waals surface area contributed by atoms with Gasteiger partial charge in [-0.3, -0.25) is 9.48 Å². The fraction of sp³-hybridized carbons (Fsp3) is 0.636. The Labute approximate surface area is 89.7 Å². The van der Waals surface area contributed by atoms with Crippen molar-refractivity contribution in [1.29, 1.82) is 0 Å². The number of hydrogen-bond acceptors (Lipinski definition) is 2. The van der Waals surface area contributed by atoms with Crippen LogP contribution < -0.4 is 5.32 Å². The third kappa shape index (κ3) is 2.58. The molecule has 1 amide bonds. The summed E-state index contributed by atoms with van der Waals surface area (Å²) in [5, 5.41) is 7.03. The summed E-state index contributed by atoms with van der Waals surface area (Å²) < 4.78 is 1.80. The molecule has 2 rings (SSSR count). The van der Waals surface area contributed by atoms with Gasteiger partial charge in [-0.25, -0.2) is 0 Å². The molecule has 1 aromatic rings. The van der Waals surface area contributed by atoms with Crippen LogP contribution in [0.5, 0.6) is 0 Å². The van der Waals surface area contributed by atoms with Gasteiger partial charge in [0.2, 0.25) is 5.91 Å². The van der Waals surface area contributed by atoms with Gasteiger partial charge in [0.1, 0.15) is 0 Å². The van der Waals surface area contributed by atoms with Crippen molar-refractivity contribution < 1.29 is 4.79 Å². The highest BCUT2D eigenvalue weighted by molar-refractivity contribution is 5.79. The van der Waals surface area contributed by atoms with Crippen LogP contribution in [0.3, 0.4) is 0 Å². The Morgan fingerprint density at radius 1 is 1.67 bits per heavy atom. The maximum Gasteiger partial charge on any atom is 0.223 e. The molecule has 0 aliphatic carbocycles. The van der Waals surface area contributed by atoms with Gasteiger partial charge < -0.3 is 5.32 Å². The summed E-state index contributed by atoms with van der Waals surface area (Å²) in [6.45, 7) is 0.849. The quantitative estimate of drug-likeness (QED) is 0.799. The molecule has 0 radical (unpaired) electrons. The SMILES string of the molecule is Cn1cc(CCC2CCCNC2=O)cn1. The van der Waals surface area contributed by atoms with Crippen molar-refractivity contribution in [3.05, 3.63) is 18.0 Å². The fourth-order valence-corrected chi connectivity index (χ4v) is 2.05. The third-order valence-electron chi connectivity index (χ3n) is 2.94. The van der Waals surface area contributed by atoms with Crippen molar-refractivity contribution >= 4 is 5.91 Å². The van der Waals surface area contributed by atoms with Gasteiger partial charge in [0.25, 0.3) is 0 Å². The zero-order valence-corrected chi connectivity index (χ0v) is 9.07. The van der Waals surface area contributed by atoms with Crippen molar-refractivity contribution in [1.82, 2.24) is 15.1 Å². The molecule has 0 aromatic carbocycles. The molecule has 1 atom stereocenters. The molecule has 0 spiro atoms. The minimum absolute atomic E-state index is 0.207. The topological polar surface area (TPSA) is 46.9 Å². The maximum absolute atomic E-state index is 11.5. The zero-order chi connectivity index (χ0) is 10.7. The fourth-order valence-electron chi connectivity index (χ4n) is 2.05. The van der Waals surface area contributed by atoms with Crippen LogP contribution in [0, 0.1) is 5.92 Å². The van der Waals surface area contributed by atoms with Crippen LogP contribution in [0.1, 0.15) is 24.8 Å². The van der Waals surface area contributed by atoms with E-state index in [0.717, 1.165) is 32.2 Å². The van der Waals surface area contributed by atoms with Gasteiger partial charge in [0, 0.05) is 25.7 Å². The highest BCUT2D eigenvalue weighted by Gasteiger charge is 2.21. The summed E-state index contributed by atoms with van der Waals surface area (Å²) in [7, 11) is 1.91. The van der Waals surface area contributed by atoms with E-state index in [4.69, 9.17) is 0 Å². The average molecular weight is 207 g/mol. The normalized spacial score (nSPS) is 21.4. The van der Waals surface area contributed by atoms with Crippen molar-refractivity contribution in [2.24, 2.45) is 13.0 Å². The highest BCUT2D eigenvalue weighted by Crippen LogP contribution is 2.17. The average Bonchev–Trinajstić information content (AvgIpc) is 2.63. The summed E-state index contributed by atoms with van der Waals surface area (Å²) in [6, 6.07) is 0. The third-order valence-corrected chi connectivity index (χ3v) is 2.94. The van der Waals surface area contributed by atoms with Crippen LogP contribution in [0.25, 0.3) is 0 Å². The minimum Gasteiger partial charge on any atom is -0.356 e. The lowest BCUT2D eigenvalue weighted by Crippen LogP contribution is -2.36. The van der Waals surface area contributed by atoms with Crippen LogP contribution >= 0.6 is 0 Å². The van der Waals surface area contributed by atoms with Crippen molar-refractivity contribution in [2.45, 2.75) is 25.7 Å². The Hall–Kier alpha value is -1.32. The van der Waals surface area contributed by atoms with Crippen LogP contribution in [-0.2, 0) is 18.3 Å². The number of nitrogens with zero attached hydrogens (tertiary/aromatic N) is 2. The number of carbonyl (C=O) groups is 1. The second-order valence-corrected chi connectivity index (χ2v) is 4.19. The highest BCUT2D eigenvalue weighted by atomic mass is 16.1. The van der Waals surface area contributed by atoms with Crippen LogP contribution in [-0.4, -0.2) is 22.2 Å². The summed E-state index contributed by atoms with van der Waals surface area (Å²) in [6.07, 6.45) is 7.93. The van der Waals surface area contributed by atoms with E-state index in [-0.39, 0.29) is 11.8 Å². The molecular weight excluding hydrogens is 190 g/mol. The molecule has 4 nitrogen and oxygen atoms in total. The second kappa shape index (κ2) is 4.47. The first kappa shape index (κ1) is 10.2. The largest absolute Gasteiger partial charge is 0.356 e. The van der Waals surface area contributed by atoms with Crippen molar-refractivity contribution in [3.8, 4) is 0 Å². The number of aryl methyl sites for hydroxylation is 2. The van der Waals surface area contributed by atoms with Crippen LogP contribution in [0.2, 0.25) is 0 Å². The molecule has 1 fully saturated rings. The van der Waals surface area contributed by atoms with E-state index in [0.29, 0.717) is 0 Å². The molecule has 0 bridgehead atoms. The number of carbonyl (C=O) groups excluding carboxylic acids is 1. The van der Waals surface area contributed by atoms with Gasteiger partial charge in [0.15, 0.2) is 0 Å². The van der Waals surface area contributed by atoms with Gasteiger partial charge in [-0.2, -0.15) is 5.10 Å². The molecular formula is C11H17N3O. The molecule has 2 heterocycles. The lowest BCUT2D eigenvalue weighted by atomic mass is 9.93. The van der Waals surface area contributed by atoms with E-state index in [1.54, 1.807) is 4.68 Å². The first-order chi connectivity index (χ1) is 7.25. The smallest absolute Gasteiger partial charge is 0.223 e. The summed E-state index contributed by atoms with van der Waals surface area (Å²) >= 11 is 0. The van der Waals surface area contributed by atoms with E-state index in [1.165, 1.54) is 5.56 Å². The van der Waals surface area contributed by atoms with Crippen LogP contribution in [0.15, 0.2) is 12.4 Å². The predicted molar refractivity (Wildman–Crippen MR) is 57.3 cm³/mol. The molecule has 1 aliphatic heterocycles. The Kier molecular flexibility index (Phi) is 3.04. The van der Waals surface area contributed by atoms with E-state index in [2.05, 4.69) is 10.4 Å². The summed E-state index contributed by atoms with van der Waals surface area (Å²) in [5.74, 6) is 0.434. The lowest BCUT2D eigenvalue weighted by Gasteiger charge is -2.21. The van der Waals surface area contributed by atoms with E-state index < -0.39 is 0 Å². The molecule has 0 saturated carbocycles. The Morgan fingerprint density at radius 2 is 2.53 bits per heavy atom. The van der Waals surface area contributed by atoms with Gasteiger partial charge in [-0.15, -0.1) is 0 Å². The molecule has 1 N–H and O–H groups in total. The second-order valence-electron chi connectivity index (χ2n) is 4.19. The lowest BCUT2D eigenvalue weighted by molar-refractivity contribution is -0.126. The number of aromatic nitrogens is 2. The van der Waals surface area contributed by atoms with Crippen molar-refractivity contribution in [3.63, 3.8) is 0 Å². The first-order valence-electron chi connectivity index (χ1n) is 5.51. The maximum atomic E-state index is 11.5. The molecule has 1 saturated heterocycles. The molecule has 1 aromatic heterocycles. The van der Waals surface area contributed by atoms with E-state index in [1.807, 2.05) is 19.4 Å².